The second-order valence-corrected chi connectivity index (χ2v) is 8.04. The Balaban J connectivity index is 1.52. The summed E-state index contributed by atoms with van der Waals surface area (Å²) in [4.78, 5) is 10.8. The van der Waals surface area contributed by atoms with Crippen LogP contribution < -0.4 is 5.73 Å². The molecule has 8 nitrogen and oxygen atoms in total. The number of fused-ring (bicyclic) bond motifs is 1. The zero-order valence-electron chi connectivity index (χ0n) is 16.9. The second kappa shape index (κ2) is 8.17. The van der Waals surface area contributed by atoms with Crippen molar-refractivity contribution in [3.8, 4) is 22.6 Å². The molecule has 0 aliphatic rings. The fourth-order valence-electron chi connectivity index (χ4n) is 3.32. The van der Waals surface area contributed by atoms with Gasteiger partial charge in [-0.3, -0.25) is 0 Å². The molecule has 0 saturated carbocycles. The number of alkyl halides is 3. The Labute approximate surface area is 196 Å². The molecule has 0 aliphatic carbocycles. The van der Waals surface area contributed by atoms with Crippen LogP contribution in [0.2, 0.25) is 0 Å². The Hall–Kier alpha value is -3.87. The number of nitrogen functional groups attached to an aromatic ring is 1. The second-order valence-electron chi connectivity index (χ2n) is 7.18. The lowest BCUT2D eigenvalue weighted by atomic mass is 10.1. The maximum absolute atomic E-state index is 14.1. The van der Waals surface area contributed by atoms with Crippen molar-refractivity contribution < 1.29 is 22.1 Å². The van der Waals surface area contributed by atoms with Crippen LogP contribution in [-0.2, 0) is 12.6 Å². The molecule has 0 amide bonds. The topological polar surface area (TPSA) is 108 Å². The highest BCUT2D eigenvalue weighted by atomic mass is 79.9. The van der Waals surface area contributed by atoms with Crippen LogP contribution in [0.1, 0.15) is 17.3 Å². The van der Waals surface area contributed by atoms with E-state index in [-0.39, 0.29) is 23.6 Å². The Morgan fingerprint density at radius 1 is 1.09 bits per heavy atom. The van der Waals surface area contributed by atoms with E-state index in [0.717, 1.165) is 12.4 Å². The molecule has 34 heavy (non-hydrogen) atoms. The van der Waals surface area contributed by atoms with Gasteiger partial charge in [0.2, 0.25) is 5.82 Å². The highest BCUT2D eigenvalue weighted by Gasteiger charge is 2.34. The minimum absolute atomic E-state index is 0.0349. The van der Waals surface area contributed by atoms with Crippen molar-refractivity contribution in [1.82, 2.24) is 29.7 Å². The fourth-order valence-corrected chi connectivity index (χ4v) is 3.85. The van der Waals surface area contributed by atoms with Gasteiger partial charge in [0.15, 0.2) is 11.6 Å². The number of hydrogen-bond donors (Lipinski definition) is 1. The van der Waals surface area contributed by atoms with Crippen molar-refractivity contribution in [2.24, 2.45) is 0 Å². The molecule has 4 heterocycles. The third kappa shape index (κ3) is 3.98. The third-order valence-electron chi connectivity index (χ3n) is 4.92. The van der Waals surface area contributed by atoms with Crippen molar-refractivity contribution in [3.05, 3.63) is 76.4 Å². The van der Waals surface area contributed by atoms with E-state index in [4.69, 9.17) is 10.3 Å². The molecule has 0 radical (unpaired) electrons. The lowest BCUT2D eigenvalue weighted by molar-refractivity contribution is -0.144. The van der Waals surface area contributed by atoms with Gasteiger partial charge in [0, 0.05) is 28.5 Å². The van der Waals surface area contributed by atoms with Crippen LogP contribution in [0, 0.1) is 5.82 Å². The largest absolute Gasteiger partial charge is 0.451 e. The smallest absolute Gasteiger partial charge is 0.382 e. The maximum atomic E-state index is 14.1. The van der Waals surface area contributed by atoms with Gasteiger partial charge < -0.3 is 10.3 Å². The summed E-state index contributed by atoms with van der Waals surface area (Å²) >= 11 is 3.46. The first-order valence-corrected chi connectivity index (χ1v) is 10.4. The summed E-state index contributed by atoms with van der Waals surface area (Å²) in [5.74, 6) is -1.14. The Bertz CT molecular complexity index is 1510. The lowest BCUT2D eigenvalue weighted by Gasteiger charge is -2.07. The monoisotopic (exact) mass is 533 g/mol. The quantitative estimate of drug-likeness (QED) is 0.326. The predicted molar refractivity (Wildman–Crippen MR) is 116 cm³/mol. The summed E-state index contributed by atoms with van der Waals surface area (Å²) < 4.78 is 59.9. The normalized spacial score (nSPS) is 11.9. The summed E-state index contributed by atoms with van der Waals surface area (Å²) in [5.41, 5.74) is 7.93. The van der Waals surface area contributed by atoms with E-state index in [1.54, 1.807) is 30.3 Å². The minimum Gasteiger partial charge on any atom is -0.382 e. The molecule has 13 heteroatoms. The van der Waals surface area contributed by atoms with E-state index >= 15 is 0 Å². The van der Waals surface area contributed by atoms with Gasteiger partial charge in [0.1, 0.15) is 22.8 Å². The number of nitrogens with zero attached hydrogens (tertiary/aromatic N) is 6. The first kappa shape index (κ1) is 21.9. The van der Waals surface area contributed by atoms with Crippen LogP contribution >= 0.6 is 15.9 Å². The van der Waals surface area contributed by atoms with E-state index in [9.17, 15) is 17.6 Å². The molecule has 2 N–H and O–H groups in total. The predicted octanol–water partition coefficient (Wildman–Crippen LogP) is 4.93. The number of anilines is 1. The molecule has 0 aliphatic heterocycles. The molecular formula is C21H12BrF4N7O. The van der Waals surface area contributed by atoms with Crippen LogP contribution in [0.15, 0.2) is 57.8 Å². The van der Waals surface area contributed by atoms with Crippen LogP contribution in [0.25, 0.3) is 28.2 Å². The van der Waals surface area contributed by atoms with Gasteiger partial charge in [-0.25, -0.2) is 23.9 Å². The molecule has 0 spiro atoms. The SMILES string of the molecule is Nc1nc(-c2cnc(C(F)(F)F)nc2)nn2c(Cc3cc(-c4ccccc4F)no3)c(Br)cc12. The van der Waals surface area contributed by atoms with E-state index in [1.807, 2.05) is 0 Å². The molecule has 0 atom stereocenters. The summed E-state index contributed by atoms with van der Waals surface area (Å²) in [6.45, 7) is 0. The van der Waals surface area contributed by atoms with Gasteiger partial charge in [0.05, 0.1) is 17.7 Å². The van der Waals surface area contributed by atoms with Crippen molar-refractivity contribution in [2.75, 3.05) is 5.73 Å². The van der Waals surface area contributed by atoms with Crippen molar-refractivity contribution >= 4 is 27.3 Å². The third-order valence-corrected chi connectivity index (χ3v) is 5.61. The molecule has 0 bridgehead atoms. The van der Waals surface area contributed by atoms with Crippen LogP contribution in [-0.4, -0.2) is 29.7 Å². The van der Waals surface area contributed by atoms with Crippen molar-refractivity contribution in [3.63, 3.8) is 0 Å². The summed E-state index contributed by atoms with van der Waals surface area (Å²) in [5, 5.41) is 8.35. The lowest BCUT2D eigenvalue weighted by Crippen LogP contribution is -2.11. The average molecular weight is 534 g/mol. The number of rotatable bonds is 4. The minimum atomic E-state index is -4.67. The van der Waals surface area contributed by atoms with Crippen LogP contribution in [0.4, 0.5) is 23.4 Å². The fraction of sp³-hybridized carbons (Fsp3) is 0.0952. The van der Waals surface area contributed by atoms with E-state index in [1.165, 1.54) is 10.6 Å². The molecule has 0 unspecified atom stereocenters. The Morgan fingerprint density at radius 2 is 1.82 bits per heavy atom. The summed E-state index contributed by atoms with van der Waals surface area (Å²) in [6.07, 6.45) is -2.51. The molecule has 1 aromatic carbocycles. The molecule has 5 rings (SSSR count). The highest BCUT2D eigenvalue weighted by molar-refractivity contribution is 9.10. The number of nitrogens with two attached hydrogens (primary N) is 1. The van der Waals surface area contributed by atoms with Gasteiger partial charge in [-0.1, -0.05) is 17.3 Å². The molecule has 4 aromatic heterocycles. The summed E-state index contributed by atoms with van der Waals surface area (Å²) in [7, 11) is 0. The summed E-state index contributed by atoms with van der Waals surface area (Å²) in [6, 6.07) is 9.49. The number of hydrogen-bond acceptors (Lipinski definition) is 7. The van der Waals surface area contributed by atoms with Gasteiger partial charge in [-0.05, 0) is 34.1 Å². The first-order valence-electron chi connectivity index (χ1n) is 9.64. The standard InChI is InChI=1S/C21H12BrF4N7O/c22-13-7-17-18(27)30-19(10-8-28-20(29-9-10)21(24,25)26)31-33(17)16(13)6-11-5-15(32-34-11)12-3-1-2-4-14(12)23/h1-5,7-9H,6H2,(H2,27,30,31). The van der Waals surface area contributed by atoms with Crippen LogP contribution in [0.5, 0.6) is 0 Å². The Morgan fingerprint density at radius 3 is 2.53 bits per heavy atom. The average Bonchev–Trinajstić information content (AvgIpc) is 3.39. The zero-order valence-corrected chi connectivity index (χ0v) is 18.5. The molecule has 172 valence electrons. The number of halogens is 5. The van der Waals surface area contributed by atoms with Crippen LogP contribution in [0.3, 0.4) is 0 Å². The van der Waals surface area contributed by atoms with Crippen molar-refractivity contribution in [2.45, 2.75) is 12.6 Å². The van der Waals surface area contributed by atoms with E-state index in [2.05, 4.69) is 41.1 Å². The van der Waals surface area contributed by atoms with Gasteiger partial charge in [-0.2, -0.15) is 13.2 Å². The number of aromatic nitrogens is 6. The van der Waals surface area contributed by atoms with Gasteiger partial charge in [-0.15, -0.1) is 5.10 Å². The highest BCUT2D eigenvalue weighted by Crippen LogP contribution is 2.30. The van der Waals surface area contributed by atoms with Crippen molar-refractivity contribution in [1.29, 1.82) is 0 Å². The van der Waals surface area contributed by atoms with Gasteiger partial charge in [0.25, 0.3) is 0 Å². The first-order chi connectivity index (χ1) is 16.2. The van der Waals surface area contributed by atoms with E-state index < -0.39 is 17.8 Å². The Kier molecular flexibility index (Phi) is 5.27. The van der Waals surface area contributed by atoms with Gasteiger partial charge >= 0.3 is 6.18 Å². The number of benzene rings is 1. The maximum Gasteiger partial charge on any atom is 0.451 e. The molecule has 0 fully saturated rings. The molecule has 0 saturated heterocycles. The van der Waals surface area contributed by atoms with E-state index in [0.29, 0.717) is 32.7 Å². The molecule has 5 aromatic rings. The zero-order chi connectivity index (χ0) is 24.0. The molecular weight excluding hydrogens is 522 g/mol.